The number of benzene rings is 2. The van der Waals surface area contributed by atoms with Crippen molar-refractivity contribution in [3.63, 3.8) is 0 Å². The van der Waals surface area contributed by atoms with Gasteiger partial charge in [-0.05, 0) is 70.5 Å². The molecule has 0 spiro atoms. The first-order valence-electron chi connectivity index (χ1n) is 11.9. The van der Waals surface area contributed by atoms with Gasteiger partial charge in [-0.1, -0.05) is 0 Å². The lowest BCUT2D eigenvalue weighted by Gasteiger charge is -2.24. The summed E-state index contributed by atoms with van der Waals surface area (Å²) in [5.41, 5.74) is 6.06. The molecule has 10 heteroatoms. The second-order valence-corrected chi connectivity index (χ2v) is 9.45. The molecule has 0 unspecified atom stereocenters. The third-order valence-electron chi connectivity index (χ3n) is 6.87. The number of ether oxygens (including phenoxy) is 2. The Bertz CT molecular complexity index is 1250. The Morgan fingerprint density at radius 2 is 1.89 bits per heavy atom. The van der Waals surface area contributed by atoms with E-state index in [-0.39, 0.29) is 5.69 Å². The van der Waals surface area contributed by atoms with Gasteiger partial charge in [-0.3, -0.25) is 4.90 Å². The molecule has 7 nitrogen and oxygen atoms in total. The predicted octanol–water partition coefficient (Wildman–Crippen LogP) is 5.58. The molecule has 2 aromatic carbocycles. The topological polar surface area (TPSA) is 85.5 Å². The van der Waals surface area contributed by atoms with Crippen LogP contribution in [0.1, 0.15) is 49.7 Å². The molecule has 0 saturated carbocycles. The highest BCUT2D eigenvalue weighted by Gasteiger charge is 2.32. The molecule has 1 aliphatic heterocycles. The number of methoxy groups -OCH3 is 1. The van der Waals surface area contributed by atoms with E-state index in [4.69, 9.17) is 15.2 Å². The molecule has 0 amide bonds. The fraction of sp³-hybridized carbons (Fsp3) is 0.462. The Labute approximate surface area is 208 Å². The zero-order chi connectivity index (χ0) is 26.2. The minimum Gasteiger partial charge on any atom is -0.493 e. The van der Waals surface area contributed by atoms with Gasteiger partial charge in [0.05, 0.1) is 24.2 Å². The van der Waals surface area contributed by atoms with Crippen LogP contribution in [0.4, 0.5) is 24.7 Å². The van der Waals surface area contributed by atoms with E-state index in [1.54, 1.807) is 27.0 Å². The molecular formula is C26H32F3N5O2. The van der Waals surface area contributed by atoms with Crippen molar-refractivity contribution in [3.8, 4) is 11.5 Å². The fourth-order valence-electron chi connectivity index (χ4n) is 4.60. The quantitative estimate of drug-likeness (QED) is 0.407. The highest BCUT2D eigenvalue weighted by atomic mass is 19.4. The first-order valence-corrected chi connectivity index (χ1v) is 11.9. The van der Waals surface area contributed by atoms with Crippen LogP contribution in [0.15, 0.2) is 30.3 Å². The van der Waals surface area contributed by atoms with Gasteiger partial charge in [0.2, 0.25) is 0 Å². The number of nitrogens with one attached hydrogen (secondary N) is 1. The standard InChI is InChI=1S/C26H32F3N5O2/c1-14-6-7-20(34(14)4)13-36-24-11-21-22(12-23(24)35-5)32-16(3)33-25(21)31-15(2)17-8-18(26(27,28)29)10-19(30)9-17/h8-12,14-15,20H,6-7,13,30H2,1-5H3,(H,31,32,33)/t14-,15+,20-/m0/s1. The van der Waals surface area contributed by atoms with Crippen molar-refractivity contribution in [3.05, 3.63) is 47.3 Å². The molecule has 36 heavy (non-hydrogen) atoms. The van der Waals surface area contributed by atoms with E-state index in [9.17, 15) is 13.2 Å². The zero-order valence-corrected chi connectivity index (χ0v) is 21.1. The van der Waals surface area contributed by atoms with Gasteiger partial charge >= 0.3 is 6.18 Å². The minimum atomic E-state index is -4.49. The van der Waals surface area contributed by atoms with Gasteiger partial charge in [-0.15, -0.1) is 0 Å². The summed E-state index contributed by atoms with van der Waals surface area (Å²) in [6.07, 6.45) is -2.31. The molecule has 0 bridgehead atoms. The van der Waals surface area contributed by atoms with Crippen LogP contribution in [0.3, 0.4) is 0 Å². The number of aromatic nitrogens is 2. The van der Waals surface area contributed by atoms with Crippen molar-refractivity contribution in [2.24, 2.45) is 0 Å². The maximum atomic E-state index is 13.3. The van der Waals surface area contributed by atoms with Crippen molar-refractivity contribution in [2.75, 3.05) is 31.8 Å². The van der Waals surface area contributed by atoms with Crippen molar-refractivity contribution >= 4 is 22.4 Å². The van der Waals surface area contributed by atoms with Crippen molar-refractivity contribution in [1.82, 2.24) is 14.9 Å². The molecule has 3 aromatic rings. The molecule has 2 heterocycles. The lowest BCUT2D eigenvalue weighted by atomic mass is 10.0. The Morgan fingerprint density at radius 3 is 2.53 bits per heavy atom. The second-order valence-electron chi connectivity index (χ2n) is 9.45. The predicted molar refractivity (Wildman–Crippen MR) is 134 cm³/mol. The van der Waals surface area contributed by atoms with Gasteiger partial charge in [-0.2, -0.15) is 13.2 Å². The summed E-state index contributed by atoms with van der Waals surface area (Å²) in [5, 5.41) is 3.92. The van der Waals surface area contributed by atoms with Gasteiger partial charge in [0.15, 0.2) is 11.5 Å². The monoisotopic (exact) mass is 503 g/mol. The number of aryl methyl sites for hydroxylation is 1. The van der Waals surface area contributed by atoms with Crippen LogP contribution < -0.4 is 20.5 Å². The van der Waals surface area contributed by atoms with Gasteiger partial charge in [0.1, 0.15) is 18.2 Å². The molecule has 0 radical (unpaired) electrons. The van der Waals surface area contributed by atoms with E-state index in [0.29, 0.717) is 58.3 Å². The lowest BCUT2D eigenvalue weighted by Crippen LogP contribution is -2.34. The summed E-state index contributed by atoms with van der Waals surface area (Å²) in [7, 11) is 3.68. The summed E-state index contributed by atoms with van der Waals surface area (Å²) < 4.78 is 51.7. The van der Waals surface area contributed by atoms with E-state index in [1.807, 2.05) is 6.07 Å². The highest BCUT2D eigenvalue weighted by molar-refractivity contribution is 5.92. The Morgan fingerprint density at radius 1 is 1.14 bits per heavy atom. The normalized spacial score (nSPS) is 19.4. The zero-order valence-electron chi connectivity index (χ0n) is 21.1. The molecule has 3 N–H and O–H groups in total. The average molecular weight is 504 g/mol. The van der Waals surface area contributed by atoms with E-state index in [2.05, 4.69) is 34.2 Å². The van der Waals surface area contributed by atoms with Crippen LogP contribution in [-0.4, -0.2) is 47.7 Å². The van der Waals surface area contributed by atoms with E-state index < -0.39 is 17.8 Å². The number of hydrogen-bond acceptors (Lipinski definition) is 7. The number of rotatable bonds is 7. The van der Waals surface area contributed by atoms with Crippen LogP contribution in [-0.2, 0) is 6.18 Å². The largest absolute Gasteiger partial charge is 0.493 e. The number of fused-ring (bicyclic) bond motifs is 1. The molecule has 1 aromatic heterocycles. The Hall–Kier alpha value is -3.27. The third-order valence-corrected chi connectivity index (χ3v) is 6.87. The first-order chi connectivity index (χ1) is 17.0. The van der Waals surface area contributed by atoms with Crippen molar-refractivity contribution in [2.45, 2.75) is 57.9 Å². The summed E-state index contributed by atoms with van der Waals surface area (Å²) >= 11 is 0. The van der Waals surface area contributed by atoms with E-state index in [0.717, 1.165) is 25.0 Å². The van der Waals surface area contributed by atoms with E-state index in [1.165, 1.54) is 6.07 Å². The van der Waals surface area contributed by atoms with Crippen molar-refractivity contribution < 1.29 is 22.6 Å². The molecule has 1 fully saturated rings. The number of anilines is 2. The maximum Gasteiger partial charge on any atom is 0.416 e. The van der Waals surface area contributed by atoms with Gasteiger partial charge in [0, 0.05) is 29.2 Å². The average Bonchev–Trinajstić information content (AvgIpc) is 3.13. The number of hydrogen-bond donors (Lipinski definition) is 2. The molecule has 1 aliphatic rings. The van der Waals surface area contributed by atoms with Crippen molar-refractivity contribution in [1.29, 1.82) is 0 Å². The number of nitrogen functional groups attached to an aromatic ring is 1. The van der Waals surface area contributed by atoms with Gasteiger partial charge in [0.25, 0.3) is 0 Å². The molecule has 4 rings (SSSR count). The molecular weight excluding hydrogens is 471 g/mol. The molecule has 0 aliphatic carbocycles. The third kappa shape index (κ3) is 5.43. The van der Waals surface area contributed by atoms with Crippen LogP contribution in [0.2, 0.25) is 0 Å². The smallest absolute Gasteiger partial charge is 0.416 e. The molecule has 194 valence electrons. The Kier molecular flexibility index (Phi) is 7.17. The molecule has 1 saturated heterocycles. The van der Waals surface area contributed by atoms with E-state index >= 15 is 0 Å². The summed E-state index contributed by atoms with van der Waals surface area (Å²) in [4.78, 5) is 11.4. The maximum absolute atomic E-state index is 13.3. The fourth-order valence-corrected chi connectivity index (χ4v) is 4.60. The van der Waals surface area contributed by atoms with Gasteiger partial charge < -0.3 is 20.5 Å². The number of nitrogens with two attached hydrogens (primary N) is 1. The highest BCUT2D eigenvalue weighted by Crippen LogP contribution is 2.37. The second kappa shape index (κ2) is 10.0. The summed E-state index contributed by atoms with van der Waals surface area (Å²) in [5.74, 6) is 2.11. The Balaban J connectivity index is 1.66. The number of likely N-dealkylation sites (N-methyl/N-ethyl adjacent to an activating group) is 1. The minimum absolute atomic E-state index is 0.0452. The SMILES string of the molecule is COc1cc2nc(C)nc(N[C@H](C)c3cc(N)cc(C(F)(F)F)c3)c2cc1OC[C@@H]1CC[C@H](C)N1C. The number of likely N-dealkylation sites (tertiary alicyclic amines) is 1. The van der Waals surface area contributed by atoms with Crippen LogP contribution >= 0.6 is 0 Å². The van der Waals surface area contributed by atoms with Crippen LogP contribution in [0, 0.1) is 6.92 Å². The summed E-state index contributed by atoms with van der Waals surface area (Å²) in [6, 6.07) is 7.47. The molecule has 3 atom stereocenters. The number of alkyl halides is 3. The lowest BCUT2D eigenvalue weighted by molar-refractivity contribution is -0.137. The summed E-state index contributed by atoms with van der Waals surface area (Å²) in [6.45, 7) is 6.23. The number of nitrogens with zero attached hydrogens (tertiary/aromatic N) is 3. The van der Waals surface area contributed by atoms with Gasteiger partial charge in [-0.25, -0.2) is 9.97 Å². The first kappa shape index (κ1) is 25.8. The van der Waals surface area contributed by atoms with Crippen LogP contribution in [0.5, 0.6) is 11.5 Å². The van der Waals surface area contributed by atoms with Crippen LogP contribution in [0.25, 0.3) is 10.9 Å². The number of halogens is 3.